The van der Waals surface area contributed by atoms with E-state index in [0.717, 1.165) is 43.9 Å². The van der Waals surface area contributed by atoms with E-state index in [1.54, 1.807) is 0 Å². The zero-order valence-corrected chi connectivity index (χ0v) is 14.3. The molecule has 3 rings (SSSR count). The van der Waals surface area contributed by atoms with Crippen LogP contribution in [0.15, 0.2) is 12.1 Å². The average molecular weight is 316 g/mol. The number of rotatable bonds is 3. The predicted molar refractivity (Wildman–Crippen MR) is 91.3 cm³/mol. The molecule has 1 N–H and O–H groups in total. The largest absolute Gasteiger partial charge is 0.355 e. The summed E-state index contributed by atoms with van der Waals surface area (Å²) in [6.07, 6.45) is 6.76. The smallest absolute Gasteiger partial charge is 0.223 e. The standard InChI is InChI=1S/C18H28N4O/c1-13-5-3-4-6-16(13)19-18(23)15-9-11-22(12-10-15)17-8-7-14(2)20-21-17/h7-8,13,15-16H,3-6,9-12H2,1-2H3,(H,19,23). The van der Waals surface area contributed by atoms with Crippen molar-refractivity contribution >= 4 is 11.7 Å². The molecule has 5 heteroatoms. The van der Waals surface area contributed by atoms with E-state index in [4.69, 9.17) is 0 Å². The third-order valence-electron chi connectivity index (χ3n) is 5.41. The Hall–Kier alpha value is -1.65. The number of carbonyl (C=O) groups excluding carboxylic acids is 1. The van der Waals surface area contributed by atoms with Crippen molar-refractivity contribution in [2.24, 2.45) is 11.8 Å². The fourth-order valence-electron chi connectivity index (χ4n) is 3.76. The Bertz CT molecular complexity index is 522. The minimum atomic E-state index is 0.152. The van der Waals surface area contributed by atoms with Crippen LogP contribution in [0.1, 0.15) is 51.1 Å². The molecule has 5 nitrogen and oxygen atoms in total. The SMILES string of the molecule is Cc1ccc(N2CCC(C(=O)NC3CCCCC3C)CC2)nn1. The van der Waals surface area contributed by atoms with Gasteiger partial charge in [0.05, 0.1) is 5.69 Å². The molecule has 1 aromatic rings. The summed E-state index contributed by atoms with van der Waals surface area (Å²) in [7, 11) is 0. The molecule has 0 bridgehead atoms. The van der Waals surface area contributed by atoms with Crippen LogP contribution in [0.25, 0.3) is 0 Å². The Morgan fingerprint density at radius 2 is 1.87 bits per heavy atom. The minimum absolute atomic E-state index is 0.152. The summed E-state index contributed by atoms with van der Waals surface area (Å²) in [5, 5.41) is 11.7. The Balaban J connectivity index is 1.50. The number of aryl methyl sites for hydroxylation is 1. The zero-order chi connectivity index (χ0) is 16.2. The van der Waals surface area contributed by atoms with Crippen LogP contribution in [0.3, 0.4) is 0 Å². The molecule has 0 radical (unpaired) electrons. The second-order valence-corrected chi connectivity index (χ2v) is 7.17. The first kappa shape index (κ1) is 16.2. The van der Waals surface area contributed by atoms with Crippen LogP contribution in [-0.2, 0) is 4.79 Å². The molecule has 2 aliphatic rings. The van der Waals surface area contributed by atoms with E-state index in [-0.39, 0.29) is 11.8 Å². The van der Waals surface area contributed by atoms with Gasteiger partial charge in [0.25, 0.3) is 0 Å². The molecule has 1 aliphatic carbocycles. The van der Waals surface area contributed by atoms with Crippen molar-refractivity contribution in [2.75, 3.05) is 18.0 Å². The molecule has 2 unspecified atom stereocenters. The molecular weight excluding hydrogens is 288 g/mol. The third-order valence-corrected chi connectivity index (χ3v) is 5.41. The number of aromatic nitrogens is 2. The van der Waals surface area contributed by atoms with Crippen LogP contribution in [0, 0.1) is 18.8 Å². The Labute approximate surface area is 138 Å². The molecule has 1 saturated carbocycles. The normalized spacial score (nSPS) is 26.1. The highest BCUT2D eigenvalue weighted by molar-refractivity contribution is 5.79. The van der Waals surface area contributed by atoms with Crippen LogP contribution >= 0.6 is 0 Å². The van der Waals surface area contributed by atoms with E-state index in [0.29, 0.717) is 12.0 Å². The quantitative estimate of drug-likeness (QED) is 0.931. The Morgan fingerprint density at radius 3 is 2.52 bits per heavy atom. The lowest BCUT2D eigenvalue weighted by Gasteiger charge is -2.34. The maximum absolute atomic E-state index is 12.5. The Kier molecular flexibility index (Phi) is 5.13. The van der Waals surface area contributed by atoms with Crippen LogP contribution in [0.5, 0.6) is 0 Å². The molecule has 1 amide bonds. The number of amides is 1. The number of piperidine rings is 1. The molecule has 2 fully saturated rings. The molecule has 126 valence electrons. The van der Waals surface area contributed by atoms with Crippen molar-refractivity contribution < 1.29 is 4.79 Å². The van der Waals surface area contributed by atoms with E-state index in [1.165, 1.54) is 19.3 Å². The number of nitrogens with one attached hydrogen (secondary N) is 1. The number of carbonyl (C=O) groups is 1. The van der Waals surface area contributed by atoms with E-state index in [1.807, 2.05) is 19.1 Å². The maximum atomic E-state index is 12.5. The molecule has 1 saturated heterocycles. The summed E-state index contributed by atoms with van der Waals surface area (Å²) in [5.41, 5.74) is 0.935. The highest BCUT2D eigenvalue weighted by Gasteiger charge is 2.29. The molecule has 23 heavy (non-hydrogen) atoms. The second kappa shape index (κ2) is 7.28. The first-order valence-electron chi connectivity index (χ1n) is 8.99. The van der Waals surface area contributed by atoms with Crippen molar-refractivity contribution in [1.29, 1.82) is 0 Å². The van der Waals surface area contributed by atoms with E-state index >= 15 is 0 Å². The summed E-state index contributed by atoms with van der Waals surface area (Å²) < 4.78 is 0. The topological polar surface area (TPSA) is 58.1 Å². The average Bonchev–Trinajstić information content (AvgIpc) is 2.58. The summed E-state index contributed by atoms with van der Waals surface area (Å²) in [5.74, 6) is 1.96. The van der Waals surface area contributed by atoms with Crippen LogP contribution in [0.2, 0.25) is 0 Å². The van der Waals surface area contributed by atoms with Crippen molar-refractivity contribution in [3.8, 4) is 0 Å². The zero-order valence-electron chi connectivity index (χ0n) is 14.3. The first-order chi connectivity index (χ1) is 11.1. The number of anilines is 1. The fourth-order valence-corrected chi connectivity index (χ4v) is 3.76. The van der Waals surface area contributed by atoms with E-state index < -0.39 is 0 Å². The molecule has 1 aliphatic heterocycles. The number of hydrogen-bond acceptors (Lipinski definition) is 4. The second-order valence-electron chi connectivity index (χ2n) is 7.17. The van der Waals surface area contributed by atoms with Gasteiger partial charge in [0.1, 0.15) is 0 Å². The lowest BCUT2D eigenvalue weighted by Crippen LogP contribution is -2.46. The molecule has 1 aromatic heterocycles. The van der Waals surface area contributed by atoms with Gasteiger partial charge in [0.2, 0.25) is 5.91 Å². The van der Waals surface area contributed by atoms with Gasteiger partial charge in [-0.15, -0.1) is 5.10 Å². The van der Waals surface area contributed by atoms with Gasteiger partial charge in [-0.1, -0.05) is 19.8 Å². The Morgan fingerprint density at radius 1 is 1.13 bits per heavy atom. The van der Waals surface area contributed by atoms with Gasteiger partial charge in [-0.05, 0) is 50.7 Å². The highest BCUT2D eigenvalue weighted by atomic mass is 16.1. The molecule has 0 aromatic carbocycles. The number of nitrogens with zero attached hydrogens (tertiary/aromatic N) is 3. The summed E-state index contributed by atoms with van der Waals surface area (Å²) >= 11 is 0. The van der Waals surface area contributed by atoms with Crippen LogP contribution in [-0.4, -0.2) is 35.2 Å². The molecular formula is C18H28N4O. The number of hydrogen-bond donors (Lipinski definition) is 1. The lowest BCUT2D eigenvalue weighted by molar-refractivity contribution is -0.126. The third kappa shape index (κ3) is 4.01. The van der Waals surface area contributed by atoms with Gasteiger partial charge in [0.15, 0.2) is 5.82 Å². The summed E-state index contributed by atoms with van der Waals surface area (Å²) in [6.45, 7) is 5.98. The van der Waals surface area contributed by atoms with Gasteiger partial charge in [0, 0.05) is 25.0 Å². The molecule has 0 spiro atoms. The highest BCUT2D eigenvalue weighted by Crippen LogP contribution is 2.26. The van der Waals surface area contributed by atoms with E-state index in [2.05, 4.69) is 27.3 Å². The van der Waals surface area contributed by atoms with Gasteiger partial charge in [-0.3, -0.25) is 4.79 Å². The van der Waals surface area contributed by atoms with Crippen molar-refractivity contribution in [2.45, 2.75) is 58.4 Å². The van der Waals surface area contributed by atoms with Crippen molar-refractivity contribution in [3.05, 3.63) is 17.8 Å². The van der Waals surface area contributed by atoms with Gasteiger partial charge in [-0.25, -0.2) is 0 Å². The van der Waals surface area contributed by atoms with Crippen molar-refractivity contribution in [3.63, 3.8) is 0 Å². The maximum Gasteiger partial charge on any atom is 0.223 e. The molecule has 2 atom stereocenters. The van der Waals surface area contributed by atoms with Crippen molar-refractivity contribution in [1.82, 2.24) is 15.5 Å². The van der Waals surface area contributed by atoms with E-state index in [9.17, 15) is 4.79 Å². The minimum Gasteiger partial charge on any atom is -0.355 e. The van der Waals surface area contributed by atoms with Gasteiger partial charge >= 0.3 is 0 Å². The lowest BCUT2D eigenvalue weighted by atomic mass is 9.85. The van der Waals surface area contributed by atoms with Gasteiger partial charge in [-0.2, -0.15) is 5.10 Å². The van der Waals surface area contributed by atoms with Crippen LogP contribution in [0.4, 0.5) is 5.82 Å². The van der Waals surface area contributed by atoms with Gasteiger partial charge < -0.3 is 10.2 Å². The summed E-state index contributed by atoms with van der Waals surface area (Å²) in [6, 6.07) is 4.40. The monoisotopic (exact) mass is 316 g/mol. The first-order valence-corrected chi connectivity index (χ1v) is 8.99. The summed E-state index contributed by atoms with van der Waals surface area (Å²) in [4.78, 5) is 14.8. The predicted octanol–water partition coefficient (Wildman–Crippen LogP) is 2.70. The molecule has 2 heterocycles. The van der Waals surface area contributed by atoms with Crippen LogP contribution < -0.4 is 10.2 Å². The fraction of sp³-hybridized carbons (Fsp3) is 0.722.